The molecule has 0 aromatic heterocycles. The Morgan fingerprint density at radius 1 is 0.692 bits per heavy atom. The van der Waals surface area contributed by atoms with Gasteiger partial charge in [0, 0.05) is 25.2 Å². The number of aliphatic hydroxyl groups is 4. The number of hydrogen-bond acceptors (Lipinski definition) is 16. The summed E-state index contributed by atoms with van der Waals surface area (Å²) in [5.41, 5.74) is 24.4. The average Bonchev–Trinajstić information content (AvgIpc) is 3.24. The summed E-state index contributed by atoms with van der Waals surface area (Å²) in [5, 5.41) is 60.7. The Balaban J connectivity index is 1.38. The molecule has 2 heterocycles. The molecular weight excluding hydrogens is 860 g/mol. The summed E-state index contributed by atoms with van der Waals surface area (Å²) < 4.78 is 22.1. The van der Waals surface area contributed by atoms with Gasteiger partial charge in [0.05, 0.1) is 37.4 Å². The zero-order valence-corrected chi connectivity index (χ0v) is 35.0. The Bertz CT molecular complexity index is 2140. The molecule has 65 heavy (non-hydrogen) atoms. The predicted octanol–water partition coefficient (Wildman–Crippen LogP) is -2.85. The first kappa shape index (κ1) is 50.2. The molecule has 0 aliphatic carbocycles. The largest absolute Gasteiger partial charge is 0.481 e. The molecule has 0 bridgehead atoms. The van der Waals surface area contributed by atoms with Crippen molar-refractivity contribution >= 4 is 59.6 Å². The molecule has 2 aromatic carbocycles. The molecule has 0 radical (unpaired) electrons. The quantitative estimate of drug-likeness (QED) is 0.0383. The van der Waals surface area contributed by atoms with Gasteiger partial charge in [0.1, 0.15) is 12.2 Å². The molecule has 4 rings (SSSR count). The number of carbonyl (C=O) groups is 6. The standard InChI is InChI=1S/C40H52N10O15/c1-18(54)45-30-25(49-37(41)42)13-24(15-51)62-34(30)32(27(56)16-52)64-39(60)47-22-9-5-20(6-10-22)3-4-21-7-11-23(12-8-21)48-40(61)65-33(28(57)17-53)35-31(46-19(2)55)26(50-38(43)44)14-29(63-35)36(58)59/h5-15,25-28,30-35,52-53,56-57H,3-4,16-17H2,1-2H3,(H,45,54)(H,46,55)(H,47,60)(H,48,61)(H,58,59)(H4,41,42,49)(H4,43,44,50)/t25-,26-,27+,28+,30+,31+,32+,33+,34+,35+/m0/s1. The molecule has 352 valence electrons. The van der Waals surface area contributed by atoms with E-state index >= 15 is 0 Å². The van der Waals surface area contributed by atoms with Gasteiger partial charge in [-0.1, -0.05) is 24.3 Å². The molecule has 10 atom stereocenters. The van der Waals surface area contributed by atoms with Crippen LogP contribution in [0.1, 0.15) is 25.0 Å². The van der Waals surface area contributed by atoms with Crippen molar-refractivity contribution in [2.75, 3.05) is 23.8 Å². The lowest BCUT2D eigenvalue weighted by Crippen LogP contribution is -2.61. The van der Waals surface area contributed by atoms with E-state index in [1.165, 1.54) is 13.0 Å². The maximum absolute atomic E-state index is 13.1. The number of nitrogens with two attached hydrogens (primary N) is 4. The highest BCUT2D eigenvalue weighted by Gasteiger charge is 2.47. The Kier molecular flexibility index (Phi) is 18.0. The van der Waals surface area contributed by atoms with Gasteiger partial charge in [0.25, 0.3) is 0 Å². The summed E-state index contributed by atoms with van der Waals surface area (Å²) >= 11 is 0. The van der Waals surface area contributed by atoms with Gasteiger partial charge >= 0.3 is 18.2 Å². The van der Waals surface area contributed by atoms with E-state index in [-0.39, 0.29) is 23.1 Å². The molecule has 2 aromatic rings. The number of aliphatic hydroxyl groups excluding tert-OH is 4. The first-order chi connectivity index (χ1) is 30.8. The lowest BCUT2D eigenvalue weighted by Gasteiger charge is -2.39. The van der Waals surface area contributed by atoms with Gasteiger partial charge in [-0.15, -0.1) is 0 Å². The number of aliphatic imine (C=N–C) groups is 2. The highest BCUT2D eigenvalue weighted by molar-refractivity contribution is 5.87. The van der Waals surface area contributed by atoms with Gasteiger partial charge in [-0.3, -0.25) is 25.0 Å². The second-order valence-electron chi connectivity index (χ2n) is 14.6. The molecule has 25 nitrogen and oxygen atoms in total. The maximum atomic E-state index is 13.1. The van der Waals surface area contributed by atoms with Crippen LogP contribution in [0.5, 0.6) is 0 Å². The average molecular weight is 913 g/mol. The molecule has 0 spiro atoms. The van der Waals surface area contributed by atoms with Crippen LogP contribution in [0.4, 0.5) is 21.0 Å². The number of ether oxygens (including phenoxy) is 4. The number of carbonyl (C=O) groups excluding carboxylic acids is 5. The van der Waals surface area contributed by atoms with Crippen molar-refractivity contribution in [1.82, 2.24) is 10.6 Å². The van der Waals surface area contributed by atoms with Crippen molar-refractivity contribution in [2.45, 2.75) is 87.5 Å². The van der Waals surface area contributed by atoms with E-state index in [1.807, 2.05) is 0 Å². The molecule has 17 N–H and O–H groups in total. The first-order valence-corrected chi connectivity index (χ1v) is 19.7. The van der Waals surface area contributed by atoms with E-state index in [4.69, 9.17) is 41.9 Å². The van der Waals surface area contributed by atoms with E-state index < -0.39 is 116 Å². The molecule has 0 fully saturated rings. The van der Waals surface area contributed by atoms with Crippen LogP contribution in [0.15, 0.2) is 82.2 Å². The fourth-order valence-electron chi connectivity index (χ4n) is 6.84. The summed E-state index contributed by atoms with van der Waals surface area (Å²) in [6.07, 6.45) is -8.51. The van der Waals surface area contributed by atoms with Crippen LogP contribution in [0.25, 0.3) is 0 Å². The number of aldehydes is 1. The summed E-state index contributed by atoms with van der Waals surface area (Å²) in [6.45, 7) is 0.492. The molecule has 0 saturated heterocycles. The SMILES string of the molecule is CC(=O)N[C@H]1[C@H]([C@H](OC(=O)Nc2ccc(CCc3ccc(NC(=O)O[C@@H]([C@@H]4OC(C(=O)O)=C[C@H](N=C(N)N)[C@H]4NC(C)=O)[C@H](O)CO)cc3)cc2)[C@H](O)CO)OC(C=O)=C[C@@H]1N=C(N)N. The first-order valence-electron chi connectivity index (χ1n) is 19.7. The number of guanidine groups is 2. The van der Waals surface area contributed by atoms with Gasteiger partial charge in [-0.25, -0.2) is 24.4 Å². The van der Waals surface area contributed by atoms with Crippen molar-refractivity contribution in [2.24, 2.45) is 32.9 Å². The van der Waals surface area contributed by atoms with Gasteiger partial charge < -0.3 is 78.0 Å². The number of aliphatic carboxylic acids is 1. The number of anilines is 2. The molecule has 25 heteroatoms. The molecule has 4 amide bonds. The van der Waals surface area contributed by atoms with E-state index in [0.29, 0.717) is 19.1 Å². The Hall–Kier alpha value is -7.48. The number of allylic oxidation sites excluding steroid dienone is 1. The third-order valence-electron chi connectivity index (χ3n) is 9.67. The molecule has 0 saturated carbocycles. The summed E-state index contributed by atoms with van der Waals surface area (Å²) in [4.78, 5) is 81.9. The van der Waals surface area contributed by atoms with Crippen molar-refractivity contribution in [3.05, 3.63) is 83.3 Å². The minimum Gasteiger partial charge on any atom is -0.481 e. The number of amides is 4. The molecular formula is C40H52N10O15. The Labute approximate surface area is 370 Å². The number of nitrogens with zero attached hydrogens (tertiary/aromatic N) is 2. The minimum absolute atomic E-state index is 0.259. The van der Waals surface area contributed by atoms with E-state index in [2.05, 4.69) is 31.3 Å². The van der Waals surface area contributed by atoms with Crippen molar-refractivity contribution in [3.8, 4) is 0 Å². The highest BCUT2D eigenvalue weighted by atomic mass is 16.6. The van der Waals surface area contributed by atoms with Crippen LogP contribution in [0, 0.1) is 0 Å². The second kappa shape index (κ2) is 23.3. The van der Waals surface area contributed by atoms with E-state index in [0.717, 1.165) is 24.1 Å². The lowest BCUT2D eigenvalue weighted by molar-refractivity contribution is -0.145. The predicted molar refractivity (Wildman–Crippen MR) is 228 cm³/mol. The van der Waals surface area contributed by atoms with Crippen LogP contribution in [-0.2, 0) is 51.0 Å². The fraction of sp³-hybridized carbons (Fsp3) is 0.400. The number of benzene rings is 2. The summed E-state index contributed by atoms with van der Waals surface area (Å²) in [5.74, 6) is -4.52. The fourth-order valence-corrected chi connectivity index (χ4v) is 6.84. The lowest BCUT2D eigenvalue weighted by atomic mass is 9.92. The van der Waals surface area contributed by atoms with Gasteiger partial charge in [0.2, 0.25) is 17.6 Å². The van der Waals surface area contributed by atoms with Crippen molar-refractivity contribution in [3.63, 3.8) is 0 Å². The number of carboxylic acid groups (broad SMARTS) is 1. The molecule has 0 unspecified atom stereocenters. The maximum Gasteiger partial charge on any atom is 0.412 e. The third-order valence-corrected chi connectivity index (χ3v) is 9.67. The van der Waals surface area contributed by atoms with Crippen molar-refractivity contribution in [1.29, 1.82) is 0 Å². The Morgan fingerprint density at radius 3 is 1.45 bits per heavy atom. The van der Waals surface area contributed by atoms with Gasteiger partial charge in [0.15, 0.2) is 48.4 Å². The minimum atomic E-state index is -1.82. The van der Waals surface area contributed by atoms with E-state index in [9.17, 15) is 54.3 Å². The van der Waals surface area contributed by atoms with E-state index in [1.54, 1.807) is 48.5 Å². The summed E-state index contributed by atoms with van der Waals surface area (Å²) in [6, 6.07) is 8.51. The van der Waals surface area contributed by atoms with Crippen LogP contribution in [-0.4, -0.2) is 148 Å². The zero-order valence-electron chi connectivity index (χ0n) is 35.0. The molecule has 2 aliphatic rings. The van der Waals surface area contributed by atoms with Crippen molar-refractivity contribution < 1.29 is 73.2 Å². The number of nitrogens with one attached hydrogen (secondary N) is 4. The number of carboxylic acids is 1. The summed E-state index contributed by atoms with van der Waals surface area (Å²) in [7, 11) is 0. The van der Waals surface area contributed by atoms with Crippen LogP contribution >= 0.6 is 0 Å². The third kappa shape index (κ3) is 14.5. The second-order valence-corrected chi connectivity index (χ2v) is 14.6. The topological polar surface area (TPSA) is 417 Å². The van der Waals surface area contributed by atoms with Gasteiger partial charge in [-0.2, -0.15) is 0 Å². The number of hydrogen-bond donors (Lipinski definition) is 13. The normalized spacial score (nSPS) is 21.9. The number of rotatable bonds is 19. The Morgan fingerprint density at radius 2 is 1.09 bits per heavy atom. The zero-order chi connectivity index (χ0) is 48.0. The van der Waals surface area contributed by atoms with Crippen LogP contribution in [0.2, 0.25) is 0 Å². The van der Waals surface area contributed by atoms with Crippen LogP contribution in [0.3, 0.4) is 0 Å². The van der Waals surface area contributed by atoms with Crippen LogP contribution < -0.4 is 44.2 Å². The smallest absolute Gasteiger partial charge is 0.412 e. The highest BCUT2D eigenvalue weighted by Crippen LogP contribution is 2.28. The molecule has 2 aliphatic heterocycles. The number of aryl methyl sites for hydroxylation is 2. The van der Waals surface area contributed by atoms with Gasteiger partial charge in [-0.05, 0) is 60.4 Å². The monoisotopic (exact) mass is 912 g/mol.